The van der Waals surface area contributed by atoms with Gasteiger partial charge in [0.25, 0.3) is 5.91 Å². The lowest BCUT2D eigenvalue weighted by atomic mass is 10.0. The van der Waals surface area contributed by atoms with Crippen molar-refractivity contribution in [3.8, 4) is 0 Å². The lowest BCUT2D eigenvalue weighted by Gasteiger charge is -2.19. The Hall–Kier alpha value is -1.54. The number of esters is 2. The first-order valence-corrected chi connectivity index (χ1v) is 18.9. The van der Waals surface area contributed by atoms with Crippen molar-refractivity contribution < 1.29 is 38.2 Å². The maximum Gasteiger partial charge on any atom is 0.329 e. The van der Waals surface area contributed by atoms with Gasteiger partial charge in [-0.05, 0) is 47.4 Å². The van der Waals surface area contributed by atoms with Crippen molar-refractivity contribution in [1.29, 1.82) is 0 Å². The third kappa shape index (κ3) is 15.8. The van der Waals surface area contributed by atoms with Crippen LogP contribution in [0.1, 0.15) is 29.8 Å². The Bertz CT molecular complexity index is 1060. The minimum atomic E-state index is -1.00. The molecule has 4 N–H and O–H groups in total. The quantitative estimate of drug-likeness (QED) is 0.0242. The Morgan fingerprint density at radius 2 is 1.30 bits per heavy atom. The molecule has 240 valence electrons. The van der Waals surface area contributed by atoms with Crippen LogP contribution in [0.15, 0.2) is 24.3 Å². The van der Waals surface area contributed by atoms with Gasteiger partial charge in [0.05, 0.1) is 31.7 Å². The van der Waals surface area contributed by atoms with E-state index in [0.717, 1.165) is 34.5 Å². The molecule has 43 heavy (non-hydrogen) atoms. The molecule has 0 saturated heterocycles. The molecule has 0 spiro atoms. The largest absolute Gasteiger partial charge is 0.464 e. The maximum absolute atomic E-state index is 13.2. The van der Waals surface area contributed by atoms with Gasteiger partial charge in [-0.15, -0.1) is 0 Å². The number of thiol groups is 2. The highest BCUT2D eigenvalue weighted by atomic mass is 33.1. The van der Waals surface area contributed by atoms with Crippen molar-refractivity contribution in [3.05, 3.63) is 35.4 Å². The minimum Gasteiger partial charge on any atom is -0.464 e. The second-order valence-corrected chi connectivity index (χ2v) is 13.4. The predicted octanol–water partition coefficient (Wildman–Crippen LogP) is 1.71. The molecule has 0 radical (unpaired) electrons. The van der Waals surface area contributed by atoms with Crippen molar-refractivity contribution in [2.75, 3.05) is 36.2 Å². The van der Waals surface area contributed by atoms with E-state index in [0.29, 0.717) is 17.1 Å². The number of benzene rings is 1. The Labute approximate surface area is 278 Å². The second kappa shape index (κ2) is 23.8. The summed E-state index contributed by atoms with van der Waals surface area (Å²) in [6, 6.07) is 3.50. The van der Waals surface area contributed by atoms with E-state index in [1.807, 2.05) is 0 Å². The molecule has 18 heteroatoms. The summed E-state index contributed by atoms with van der Waals surface area (Å²) in [5.41, 5.74) is 0.549. The van der Waals surface area contributed by atoms with Crippen LogP contribution < -0.4 is 20.1 Å². The topological polar surface area (TPSA) is 169 Å². The fourth-order valence-electron chi connectivity index (χ4n) is 2.99. The van der Waals surface area contributed by atoms with Gasteiger partial charge in [0.1, 0.15) is 24.7 Å². The maximum atomic E-state index is 13.2. The van der Waals surface area contributed by atoms with Crippen LogP contribution in [0, 0.1) is 0 Å². The Morgan fingerprint density at radius 1 is 0.814 bits per heavy atom. The molecule has 2 amide bonds. The first-order valence-electron chi connectivity index (χ1n) is 13.0. The molecule has 0 heterocycles. The third-order valence-electron chi connectivity index (χ3n) is 5.10. The summed E-state index contributed by atoms with van der Waals surface area (Å²) in [7, 11) is 4.71. The van der Waals surface area contributed by atoms with E-state index < -0.39 is 47.9 Å². The molecule has 12 nitrogen and oxygen atoms in total. The zero-order valence-corrected chi connectivity index (χ0v) is 28.6. The molecule has 1 aromatic carbocycles. The van der Waals surface area contributed by atoms with Crippen LogP contribution >= 0.6 is 68.8 Å². The van der Waals surface area contributed by atoms with Crippen LogP contribution in [0.2, 0.25) is 0 Å². The highest BCUT2D eigenvalue weighted by Crippen LogP contribution is 2.21. The molecule has 4 atom stereocenters. The monoisotopic (exact) mass is 712 g/mol. The number of amides is 2. The molecule has 0 aliphatic rings. The Morgan fingerprint density at radius 3 is 1.77 bits per heavy atom. The number of hydrogen-bond acceptors (Lipinski definition) is 16. The molecule has 2 unspecified atom stereocenters. The minimum absolute atomic E-state index is 0.117. The van der Waals surface area contributed by atoms with E-state index in [2.05, 4.69) is 45.3 Å². The zero-order chi connectivity index (χ0) is 32.0. The molecule has 0 fully saturated rings. The van der Waals surface area contributed by atoms with Crippen molar-refractivity contribution in [2.24, 2.45) is 0 Å². The van der Waals surface area contributed by atoms with Gasteiger partial charge >= 0.3 is 11.9 Å². The number of carbonyl (C=O) groups excluding carboxylic acids is 6. The van der Waals surface area contributed by atoms with Crippen molar-refractivity contribution in [2.45, 2.75) is 44.4 Å². The number of carbonyl (C=O) groups is 6. The third-order valence-corrected chi connectivity index (χ3v) is 9.96. The number of nitrogens with one attached hydrogen (secondary N) is 4. The highest BCUT2D eigenvalue weighted by Gasteiger charge is 2.26. The molecular formula is C25H36N4O8S6. The van der Waals surface area contributed by atoms with E-state index in [-0.39, 0.29) is 36.7 Å². The Balaban J connectivity index is 2.91. The van der Waals surface area contributed by atoms with Gasteiger partial charge < -0.3 is 29.7 Å². The molecule has 0 bridgehead atoms. The number of rotatable bonds is 23. The fourth-order valence-corrected chi connectivity index (χ4v) is 7.47. The standard InChI is InChI=1S/C25H36N4O8S6/c1-3-36-24(34)20(14-40-42-28-17(10-30)12-38)26-22(32)9-16-7-5-6-8-19(16)23(33)27-21(25(35)37-4-2)15-41-43-29-18(11-31)13-39/h5-8,10-11,17-18,20-21,28-29,38-39H,3-4,9,12-15H2,1-2H3,(H,26,32)(H,27,33)/t17-,18-,20?,21?/m1/s1. The normalized spacial score (nSPS) is 13.6. The molecule has 0 saturated carbocycles. The van der Waals surface area contributed by atoms with Gasteiger partial charge in [0.15, 0.2) is 0 Å². The van der Waals surface area contributed by atoms with Crippen LogP contribution in [0.25, 0.3) is 0 Å². The summed E-state index contributed by atoms with van der Waals surface area (Å²) in [6.07, 6.45) is 1.22. The smallest absolute Gasteiger partial charge is 0.329 e. The van der Waals surface area contributed by atoms with Crippen LogP contribution in [-0.2, 0) is 39.9 Å². The van der Waals surface area contributed by atoms with E-state index in [9.17, 15) is 28.8 Å². The van der Waals surface area contributed by atoms with Crippen LogP contribution in [0.4, 0.5) is 0 Å². The van der Waals surface area contributed by atoms with E-state index in [1.165, 1.54) is 27.7 Å². The first-order chi connectivity index (χ1) is 20.7. The van der Waals surface area contributed by atoms with Gasteiger partial charge in [-0.1, -0.05) is 39.8 Å². The lowest BCUT2D eigenvalue weighted by molar-refractivity contribution is -0.146. The van der Waals surface area contributed by atoms with Crippen molar-refractivity contribution >= 4 is 105 Å². The molecule has 0 aromatic heterocycles. The lowest BCUT2D eigenvalue weighted by Crippen LogP contribution is -2.45. The van der Waals surface area contributed by atoms with Crippen LogP contribution in [0.5, 0.6) is 0 Å². The van der Waals surface area contributed by atoms with Gasteiger partial charge in [0.2, 0.25) is 5.91 Å². The molecular weight excluding hydrogens is 677 g/mol. The zero-order valence-electron chi connectivity index (χ0n) is 23.5. The number of ether oxygens (including phenoxy) is 2. The summed E-state index contributed by atoms with van der Waals surface area (Å²) in [5.74, 6) is -1.47. The predicted molar refractivity (Wildman–Crippen MR) is 180 cm³/mol. The van der Waals surface area contributed by atoms with Crippen LogP contribution in [-0.4, -0.2) is 96.7 Å². The number of aldehydes is 2. The molecule has 0 aliphatic carbocycles. The van der Waals surface area contributed by atoms with Crippen molar-refractivity contribution in [1.82, 2.24) is 20.1 Å². The average molecular weight is 713 g/mol. The summed E-state index contributed by atoms with van der Waals surface area (Å²) in [6.45, 7) is 3.54. The average Bonchev–Trinajstić information content (AvgIpc) is 3.00. The highest BCUT2D eigenvalue weighted by molar-refractivity contribution is 8.76. The number of hydrogen-bond donors (Lipinski definition) is 6. The summed E-state index contributed by atoms with van der Waals surface area (Å²) in [4.78, 5) is 73.1. The first kappa shape index (κ1) is 39.5. The summed E-state index contributed by atoms with van der Waals surface area (Å²) in [5, 5.41) is 5.32. The van der Waals surface area contributed by atoms with E-state index >= 15 is 0 Å². The molecule has 1 rings (SSSR count). The van der Waals surface area contributed by atoms with Gasteiger partial charge in [-0.3, -0.25) is 9.59 Å². The van der Waals surface area contributed by atoms with Crippen molar-refractivity contribution in [3.63, 3.8) is 0 Å². The van der Waals surface area contributed by atoms with Gasteiger partial charge in [-0.2, -0.15) is 25.3 Å². The van der Waals surface area contributed by atoms with Gasteiger partial charge in [-0.25, -0.2) is 19.0 Å². The SMILES string of the molecule is CCOC(=O)C(CSSN[C@H](C=O)CS)NC(=O)Cc1ccccc1C(=O)NC(CSSN[C@H](C=O)CS)C(=O)OCC. The second-order valence-electron chi connectivity index (χ2n) is 8.31. The molecule has 0 aliphatic heterocycles. The van der Waals surface area contributed by atoms with E-state index in [1.54, 1.807) is 32.0 Å². The van der Waals surface area contributed by atoms with E-state index in [4.69, 9.17) is 9.47 Å². The summed E-state index contributed by atoms with van der Waals surface area (Å²) >= 11 is 8.14. The van der Waals surface area contributed by atoms with Crippen LogP contribution in [0.3, 0.4) is 0 Å². The summed E-state index contributed by atoms with van der Waals surface area (Å²) < 4.78 is 16.0. The Kier molecular flexibility index (Phi) is 21.8. The molecule has 1 aromatic rings. The fraction of sp³-hybridized carbons (Fsp3) is 0.520. The van der Waals surface area contributed by atoms with Gasteiger partial charge in [0, 0.05) is 28.6 Å².